The minimum absolute atomic E-state index is 1.02. The number of hydrogen-bond acceptors (Lipinski definition) is 2. The van der Waals surface area contributed by atoms with Crippen molar-refractivity contribution >= 4 is 5.69 Å². The van der Waals surface area contributed by atoms with Crippen molar-refractivity contribution in [3.8, 4) is 0 Å². The van der Waals surface area contributed by atoms with Gasteiger partial charge in [0.1, 0.15) is 0 Å². The zero-order chi connectivity index (χ0) is 11.3. The van der Waals surface area contributed by atoms with Gasteiger partial charge in [-0.1, -0.05) is 20.8 Å². The number of rotatable bonds is 2. The van der Waals surface area contributed by atoms with Crippen molar-refractivity contribution in [1.29, 1.82) is 0 Å². The second-order valence-corrected chi connectivity index (χ2v) is 3.55. The Balaban J connectivity index is 0.000000531. The molecule has 2 rings (SSSR count). The molecular weight excluding hydrogens is 186 g/mol. The summed E-state index contributed by atoms with van der Waals surface area (Å²) in [6.45, 7) is 7.26. The van der Waals surface area contributed by atoms with Crippen LogP contribution < -0.4 is 5.32 Å². The van der Waals surface area contributed by atoms with Crippen LogP contribution >= 0.6 is 0 Å². The molecule has 0 atom stereocenters. The zero-order valence-electron chi connectivity index (χ0n) is 10.4. The summed E-state index contributed by atoms with van der Waals surface area (Å²) in [7, 11) is 1.99. The number of aromatic nitrogens is 2. The fourth-order valence-corrected chi connectivity index (χ4v) is 2.08. The van der Waals surface area contributed by atoms with E-state index in [0.29, 0.717) is 0 Å². The highest BCUT2D eigenvalue weighted by Crippen LogP contribution is 2.26. The van der Waals surface area contributed by atoms with Crippen LogP contribution in [-0.2, 0) is 19.4 Å². The van der Waals surface area contributed by atoms with E-state index in [1.54, 1.807) is 0 Å². The molecule has 1 N–H and O–H groups in total. The molecule has 1 aliphatic rings. The summed E-state index contributed by atoms with van der Waals surface area (Å²) in [5.74, 6) is 0. The number of hydrogen-bond donors (Lipinski definition) is 1. The van der Waals surface area contributed by atoms with Crippen molar-refractivity contribution in [2.75, 3.05) is 12.4 Å². The molecule has 0 saturated carbocycles. The van der Waals surface area contributed by atoms with E-state index >= 15 is 0 Å². The molecule has 86 valence electrons. The standard InChI is InChI=1S/C10H17N3.C2H6/c1-3-8-10(11-2)9-6-4-5-7-13(9)12-8;1-2/h11H,3-7H2,1-2H3;1-2H3. The average Bonchev–Trinajstić information content (AvgIpc) is 2.69. The normalized spacial score (nSPS) is 13.9. The monoisotopic (exact) mass is 209 g/mol. The lowest BCUT2D eigenvalue weighted by Gasteiger charge is -2.14. The van der Waals surface area contributed by atoms with Crippen LogP contribution in [0.25, 0.3) is 0 Å². The summed E-state index contributed by atoms with van der Waals surface area (Å²) in [6.07, 6.45) is 4.80. The molecule has 1 aliphatic heterocycles. The predicted octanol–water partition coefficient (Wildman–Crippen LogP) is 2.85. The second-order valence-electron chi connectivity index (χ2n) is 3.55. The molecule has 1 aromatic heterocycles. The van der Waals surface area contributed by atoms with Gasteiger partial charge in [-0.2, -0.15) is 5.10 Å². The molecule has 15 heavy (non-hydrogen) atoms. The third-order valence-corrected chi connectivity index (χ3v) is 2.75. The third kappa shape index (κ3) is 2.33. The molecule has 0 fully saturated rings. The first-order valence-electron chi connectivity index (χ1n) is 6.13. The molecule has 1 aromatic rings. The summed E-state index contributed by atoms with van der Waals surface area (Å²) in [6, 6.07) is 0. The van der Waals surface area contributed by atoms with Crippen LogP contribution in [-0.4, -0.2) is 16.8 Å². The summed E-state index contributed by atoms with van der Waals surface area (Å²) in [5.41, 5.74) is 3.91. The van der Waals surface area contributed by atoms with E-state index in [4.69, 9.17) is 0 Å². The van der Waals surface area contributed by atoms with Gasteiger partial charge in [-0.25, -0.2) is 0 Å². The predicted molar refractivity (Wildman–Crippen MR) is 65.4 cm³/mol. The van der Waals surface area contributed by atoms with Crippen molar-refractivity contribution in [1.82, 2.24) is 9.78 Å². The maximum absolute atomic E-state index is 4.59. The number of anilines is 1. The highest BCUT2D eigenvalue weighted by Gasteiger charge is 2.17. The van der Waals surface area contributed by atoms with E-state index in [-0.39, 0.29) is 0 Å². The molecule has 2 heterocycles. The van der Waals surface area contributed by atoms with Gasteiger partial charge in [-0.05, 0) is 25.7 Å². The lowest BCUT2D eigenvalue weighted by molar-refractivity contribution is 0.484. The van der Waals surface area contributed by atoms with Crippen molar-refractivity contribution < 1.29 is 0 Å². The molecule has 0 unspecified atom stereocenters. The van der Waals surface area contributed by atoms with Gasteiger partial charge >= 0.3 is 0 Å². The largest absolute Gasteiger partial charge is 0.385 e. The smallest absolute Gasteiger partial charge is 0.0856 e. The third-order valence-electron chi connectivity index (χ3n) is 2.75. The van der Waals surface area contributed by atoms with Gasteiger partial charge in [0.05, 0.1) is 17.1 Å². The van der Waals surface area contributed by atoms with E-state index < -0.39 is 0 Å². The topological polar surface area (TPSA) is 29.9 Å². The Bertz CT molecular complexity index is 292. The van der Waals surface area contributed by atoms with Gasteiger partial charge in [-0.15, -0.1) is 0 Å². The van der Waals surface area contributed by atoms with E-state index in [2.05, 4.69) is 22.0 Å². The van der Waals surface area contributed by atoms with E-state index in [9.17, 15) is 0 Å². The number of nitrogens with zero attached hydrogens (tertiary/aromatic N) is 2. The molecule has 3 nitrogen and oxygen atoms in total. The average molecular weight is 209 g/mol. The zero-order valence-corrected chi connectivity index (χ0v) is 10.4. The number of fused-ring (bicyclic) bond motifs is 1. The Kier molecular flexibility index (Phi) is 4.66. The molecule has 0 amide bonds. The Morgan fingerprint density at radius 2 is 2.07 bits per heavy atom. The molecule has 0 aliphatic carbocycles. The van der Waals surface area contributed by atoms with Crippen molar-refractivity contribution in [2.24, 2.45) is 0 Å². The summed E-state index contributed by atoms with van der Waals surface area (Å²) < 4.78 is 2.17. The lowest BCUT2D eigenvalue weighted by Crippen LogP contribution is -2.11. The summed E-state index contributed by atoms with van der Waals surface area (Å²) >= 11 is 0. The Morgan fingerprint density at radius 1 is 1.33 bits per heavy atom. The van der Waals surface area contributed by atoms with Gasteiger partial charge in [0.15, 0.2) is 0 Å². The van der Waals surface area contributed by atoms with E-state index in [0.717, 1.165) is 13.0 Å². The van der Waals surface area contributed by atoms with Crippen molar-refractivity contribution in [3.05, 3.63) is 11.4 Å². The Hall–Kier alpha value is -0.990. The van der Waals surface area contributed by atoms with E-state index in [1.165, 1.54) is 36.3 Å². The highest BCUT2D eigenvalue weighted by atomic mass is 15.3. The van der Waals surface area contributed by atoms with E-state index in [1.807, 2.05) is 20.9 Å². The first kappa shape index (κ1) is 12.1. The van der Waals surface area contributed by atoms with Crippen LogP contribution in [0.1, 0.15) is 45.0 Å². The van der Waals surface area contributed by atoms with Crippen LogP contribution in [0, 0.1) is 0 Å². The quantitative estimate of drug-likeness (QED) is 0.811. The number of aryl methyl sites for hydroxylation is 2. The fraction of sp³-hybridized carbons (Fsp3) is 0.750. The molecule has 0 radical (unpaired) electrons. The second kappa shape index (κ2) is 5.79. The van der Waals surface area contributed by atoms with Gasteiger partial charge < -0.3 is 5.32 Å². The molecule has 0 saturated heterocycles. The van der Waals surface area contributed by atoms with Crippen LogP contribution in [0.15, 0.2) is 0 Å². The van der Waals surface area contributed by atoms with Crippen LogP contribution in [0.5, 0.6) is 0 Å². The van der Waals surface area contributed by atoms with Crippen molar-refractivity contribution in [3.63, 3.8) is 0 Å². The summed E-state index contributed by atoms with van der Waals surface area (Å²) in [4.78, 5) is 0. The molecule has 0 spiro atoms. The number of nitrogens with one attached hydrogen (secondary N) is 1. The fourth-order valence-electron chi connectivity index (χ4n) is 2.08. The molecule has 3 heteroatoms. The minimum atomic E-state index is 1.02. The van der Waals surface area contributed by atoms with Crippen LogP contribution in [0.2, 0.25) is 0 Å². The maximum atomic E-state index is 4.59. The summed E-state index contributed by atoms with van der Waals surface area (Å²) in [5, 5.41) is 7.87. The first-order valence-corrected chi connectivity index (χ1v) is 6.13. The van der Waals surface area contributed by atoms with Gasteiger partial charge in [0.2, 0.25) is 0 Å². The van der Waals surface area contributed by atoms with Gasteiger partial charge in [-0.3, -0.25) is 4.68 Å². The van der Waals surface area contributed by atoms with Crippen LogP contribution in [0.3, 0.4) is 0 Å². The first-order chi connectivity index (χ1) is 7.36. The van der Waals surface area contributed by atoms with Crippen molar-refractivity contribution in [2.45, 2.75) is 53.0 Å². The minimum Gasteiger partial charge on any atom is -0.385 e. The highest BCUT2D eigenvalue weighted by molar-refractivity contribution is 5.53. The van der Waals surface area contributed by atoms with Gasteiger partial charge in [0.25, 0.3) is 0 Å². The Labute approximate surface area is 92.9 Å². The molecule has 0 aromatic carbocycles. The SMILES string of the molecule is CC.CCc1nn2c(c1NC)CCCC2. The molecule has 0 bridgehead atoms. The lowest BCUT2D eigenvalue weighted by atomic mass is 10.1. The maximum Gasteiger partial charge on any atom is 0.0856 e. The Morgan fingerprint density at radius 3 is 2.67 bits per heavy atom. The molecular formula is C12H23N3. The van der Waals surface area contributed by atoms with Gasteiger partial charge in [0, 0.05) is 13.6 Å². The van der Waals surface area contributed by atoms with Crippen LogP contribution in [0.4, 0.5) is 5.69 Å².